The van der Waals surface area contributed by atoms with Gasteiger partial charge in [-0.15, -0.1) is 0 Å². The topological polar surface area (TPSA) is 219 Å². The number of hydrogen-bond donors (Lipinski definition) is 0. The third kappa shape index (κ3) is 11.1. The van der Waals surface area contributed by atoms with Crippen molar-refractivity contribution in [3.05, 3.63) is 277 Å². The molecule has 0 amide bonds. The molecule has 562 valence electrons. The largest absolute Gasteiger partial charge is 0.306 e. The molecular weight excluding hydrogens is 1430 g/mol. The van der Waals surface area contributed by atoms with Crippen LogP contribution in [0.2, 0.25) is 0 Å². The highest BCUT2D eigenvalue weighted by atomic mass is 15.2. The molecule has 20 nitrogen and oxygen atoms in total. The lowest BCUT2D eigenvalue weighted by molar-refractivity contribution is 1.06. The second-order valence-electron chi connectivity index (χ2n) is 29.1. The standard InChI is InChI=1S/C96H78N20/c1-9-55-54-112-96-67(25-17-44-104-96)88(55)113(89-56(10-2)47-105-68-26-18-37-97-81(68)89)75-45-76(114(90-57(11-3)48-106-69-27-19-38-98-82(69)90)91-58(12-4)49-107-70-28-20-39-99-83(70)91)64-35-36-66-78(116(94-61(15-7)52-110-73-31-23-42-102-86(73)94)95-62(16-8)53-111-74-32-24-43-103-87(74)95)46-77(65-34-33-63(75)79(64)80(65)66)115(92-59(13-5)50-108-71-29-21-40-100-84(71)92)93-60(14-6)51-109-72-30-22-41-101-85(72)93/h17-54H,9-16H2,1-8H3. The van der Waals surface area contributed by atoms with Crippen LogP contribution >= 0.6 is 0 Å². The Kier molecular flexibility index (Phi) is 17.7. The average molecular weight is 1510 g/mol. The molecule has 0 spiro atoms. The van der Waals surface area contributed by atoms with E-state index in [4.69, 9.17) is 79.7 Å². The van der Waals surface area contributed by atoms with Crippen LogP contribution in [0.5, 0.6) is 0 Å². The summed E-state index contributed by atoms with van der Waals surface area (Å²) in [6, 6.07) is 46.6. The van der Waals surface area contributed by atoms with E-state index < -0.39 is 0 Å². The van der Waals surface area contributed by atoms with Crippen LogP contribution in [0.1, 0.15) is 99.9 Å². The van der Waals surface area contributed by atoms with Gasteiger partial charge in [-0.05, 0) is 205 Å². The zero-order valence-corrected chi connectivity index (χ0v) is 65.5. The van der Waals surface area contributed by atoms with Crippen LogP contribution in [0.15, 0.2) is 233 Å². The summed E-state index contributed by atoms with van der Waals surface area (Å²) in [5.41, 5.74) is 28.8. The fourth-order valence-corrected chi connectivity index (χ4v) is 17.5. The first-order chi connectivity index (χ1) is 57.3. The maximum atomic E-state index is 5.42. The van der Waals surface area contributed by atoms with Gasteiger partial charge in [0.05, 0.1) is 107 Å². The van der Waals surface area contributed by atoms with Gasteiger partial charge >= 0.3 is 0 Å². The van der Waals surface area contributed by atoms with Gasteiger partial charge in [0.1, 0.15) is 38.6 Å². The number of aryl methyl sites for hydroxylation is 8. The van der Waals surface area contributed by atoms with Gasteiger partial charge in [0.25, 0.3) is 0 Å². The van der Waals surface area contributed by atoms with E-state index >= 15 is 0 Å². The molecule has 0 saturated carbocycles. The molecule has 20 rings (SSSR count). The van der Waals surface area contributed by atoms with E-state index in [0.29, 0.717) is 57.0 Å². The Morgan fingerprint density at radius 3 is 0.629 bits per heavy atom. The van der Waals surface area contributed by atoms with Gasteiger partial charge in [-0.1, -0.05) is 79.7 Å². The SMILES string of the molecule is CCc1cnc2ncccc2c1N(c1cc(N(c2c(CC)cnc3cccnc23)c2c(CC)cnc3cccnc23)c2ccc3c(N(c4c(CC)cnc5cccnc45)c4c(CC)cnc5cccnc45)cc(N(c4c(CC)cnc5cccnc45)c4c(CC)cnc5cccnc45)c4ccc1c2c43)c1c(CC)cnc2cccnc12. The summed E-state index contributed by atoms with van der Waals surface area (Å²) in [7, 11) is 0. The Morgan fingerprint density at radius 2 is 0.397 bits per heavy atom. The van der Waals surface area contributed by atoms with Gasteiger partial charge < -0.3 is 19.6 Å². The van der Waals surface area contributed by atoms with E-state index in [1.807, 2.05) is 148 Å². The normalized spacial score (nSPS) is 11.9. The molecule has 4 aromatic carbocycles. The number of rotatable bonds is 20. The Bertz CT molecular complexity index is 6150. The minimum Gasteiger partial charge on any atom is -0.306 e. The van der Waals surface area contributed by atoms with Crippen LogP contribution in [-0.4, -0.2) is 79.7 Å². The van der Waals surface area contributed by atoms with E-state index in [0.717, 1.165) is 228 Å². The van der Waals surface area contributed by atoms with Gasteiger partial charge in [0.2, 0.25) is 0 Å². The molecule has 0 fully saturated rings. The van der Waals surface area contributed by atoms with Crippen molar-refractivity contribution < 1.29 is 0 Å². The summed E-state index contributed by atoms with van der Waals surface area (Å²) >= 11 is 0. The first-order valence-electron chi connectivity index (χ1n) is 40.1. The van der Waals surface area contributed by atoms with Gasteiger partial charge in [-0.3, -0.25) is 69.8 Å². The van der Waals surface area contributed by atoms with Crippen LogP contribution in [-0.2, 0) is 51.4 Å². The molecular formula is C96H78N20. The lowest BCUT2D eigenvalue weighted by Crippen LogP contribution is -2.21. The fraction of sp³-hybridized carbons (Fsp3) is 0.167. The van der Waals surface area contributed by atoms with Crippen LogP contribution in [0, 0.1) is 0 Å². The monoisotopic (exact) mass is 1510 g/mol. The predicted octanol–water partition coefficient (Wildman–Crippen LogP) is 22.5. The van der Waals surface area contributed by atoms with Crippen molar-refractivity contribution in [2.24, 2.45) is 0 Å². The summed E-state index contributed by atoms with van der Waals surface area (Å²) in [5.74, 6) is 0. The van der Waals surface area contributed by atoms with Crippen molar-refractivity contribution in [2.45, 2.75) is 107 Å². The maximum absolute atomic E-state index is 5.42. The first-order valence-corrected chi connectivity index (χ1v) is 40.1. The lowest BCUT2D eigenvalue weighted by Gasteiger charge is -2.37. The molecule has 16 aromatic heterocycles. The van der Waals surface area contributed by atoms with Gasteiger partial charge in [-0.25, -0.2) is 9.97 Å². The van der Waals surface area contributed by atoms with E-state index in [-0.39, 0.29) is 0 Å². The number of benzene rings is 4. The molecule has 20 heteroatoms. The number of pyridine rings is 16. The molecule has 0 saturated heterocycles. The maximum Gasteiger partial charge on any atom is 0.161 e. The highest BCUT2D eigenvalue weighted by Gasteiger charge is 2.37. The Labute approximate surface area is 668 Å². The predicted molar refractivity (Wildman–Crippen MR) is 469 cm³/mol. The number of anilines is 12. The summed E-state index contributed by atoms with van der Waals surface area (Å²) in [6.45, 7) is 17.6. The second kappa shape index (κ2) is 29.0. The van der Waals surface area contributed by atoms with E-state index in [9.17, 15) is 0 Å². The molecule has 20 aromatic rings. The van der Waals surface area contributed by atoms with Crippen molar-refractivity contribution in [3.8, 4) is 0 Å². The average Bonchev–Trinajstić information content (AvgIpc) is 0.689. The molecule has 0 bridgehead atoms. The lowest BCUT2D eigenvalue weighted by atomic mass is 9.88. The highest BCUT2D eigenvalue weighted by molar-refractivity contribution is 6.34. The second-order valence-corrected chi connectivity index (χ2v) is 29.1. The first kappa shape index (κ1) is 70.7. The molecule has 0 unspecified atom stereocenters. The molecule has 0 aliphatic carbocycles. The number of fused-ring (bicyclic) bond motifs is 8. The third-order valence-electron chi connectivity index (χ3n) is 23.0. The van der Waals surface area contributed by atoms with Crippen LogP contribution < -0.4 is 19.6 Å². The number of hydrogen-bond acceptors (Lipinski definition) is 20. The molecule has 0 aliphatic heterocycles. The fourth-order valence-electron chi connectivity index (χ4n) is 17.5. The summed E-state index contributed by atoms with van der Waals surface area (Å²) in [5, 5.41) is 6.44. The molecule has 0 radical (unpaired) electrons. The minimum atomic E-state index is 0.593. The van der Waals surface area contributed by atoms with Gasteiger partial charge in [0.15, 0.2) is 5.65 Å². The molecule has 0 atom stereocenters. The highest BCUT2D eigenvalue weighted by Crippen LogP contribution is 2.60. The minimum absolute atomic E-state index is 0.593. The Hall–Kier alpha value is -14.4. The van der Waals surface area contributed by atoms with Crippen LogP contribution in [0.4, 0.5) is 68.2 Å². The van der Waals surface area contributed by atoms with Crippen LogP contribution in [0.25, 0.3) is 121 Å². The Morgan fingerprint density at radius 1 is 0.198 bits per heavy atom. The summed E-state index contributed by atoms with van der Waals surface area (Å²) < 4.78 is 0. The van der Waals surface area contributed by atoms with Crippen molar-refractivity contribution in [1.82, 2.24) is 79.7 Å². The molecule has 0 N–H and O–H groups in total. The molecule has 16 heterocycles. The van der Waals surface area contributed by atoms with E-state index in [2.05, 4.69) is 160 Å². The number of nitrogens with zero attached hydrogens (tertiary/aromatic N) is 20. The molecule has 0 aliphatic rings. The zero-order valence-electron chi connectivity index (χ0n) is 65.5. The van der Waals surface area contributed by atoms with Crippen molar-refractivity contribution in [3.63, 3.8) is 0 Å². The van der Waals surface area contributed by atoms with Gasteiger partial charge in [-0.2, -0.15) is 0 Å². The number of aromatic nitrogens is 16. The third-order valence-corrected chi connectivity index (χ3v) is 23.0. The van der Waals surface area contributed by atoms with Crippen LogP contribution in [0.3, 0.4) is 0 Å². The van der Waals surface area contributed by atoms with E-state index in [1.54, 1.807) is 0 Å². The van der Waals surface area contributed by atoms with Crippen molar-refractivity contribution in [2.75, 3.05) is 19.6 Å². The quantitative estimate of drug-likeness (QED) is 0.0648. The van der Waals surface area contributed by atoms with Gasteiger partial charge in [0, 0.05) is 137 Å². The summed E-state index contributed by atoms with van der Waals surface area (Å²) in [6.07, 6.45) is 36.0. The van der Waals surface area contributed by atoms with E-state index in [1.165, 1.54) is 0 Å². The molecule has 116 heavy (non-hydrogen) atoms. The Balaban J connectivity index is 1.09. The van der Waals surface area contributed by atoms with Crippen molar-refractivity contribution in [1.29, 1.82) is 0 Å². The zero-order chi connectivity index (χ0) is 78.4. The van der Waals surface area contributed by atoms with Crippen molar-refractivity contribution >= 4 is 189 Å². The summed E-state index contributed by atoms with van der Waals surface area (Å²) in [4.78, 5) is 94.6. The smallest absolute Gasteiger partial charge is 0.161 e.